The molecular formula is C20H19N3O2S. The second kappa shape index (κ2) is 7.25. The van der Waals surface area contributed by atoms with Gasteiger partial charge in [-0.3, -0.25) is 9.59 Å². The van der Waals surface area contributed by atoms with Gasteiger partial charge < -0.3 is 10.2 Å². The zero-order chi connectivity index (χ0) is 17.9. The van der Waals surface area contributed by atoms with Crippen molar-refractivity contribution in [2.75, 3.05) is 18.4 Å². The number of benzene rings is 2. The number of hydrogen-bond donors (Lipinski definition) is 1. The highest BCUT2D eigenvalue weighted by Crippen LogP contribution is 2.24. The van der Waals surface area contributed by atoms with E-state index in [1.807, 2.05) is 47.8 Å². The first-order valence-corrected chi connectivity index (χ1v) is 9.58. The minimum Gasteiger partial charge on any atom is -0.338 e. The number of rotatable bonds is 3. The fourth-order valence-electron chi connectivity index (χ4n) is 3.45. The molecule has 1 aliphatic rings. The van der Waals surface area contributed by atoms with Gasteiger partial charge in [-0.25, -0.2) is 4.98 Å². The van der Waals surface area contributed by atoms with Gasteiger partial charge in [-0.15, -0.1) is 11.3 Å². The molecule has 6 heteroatoms. The Hall–Kier alpha value is -2.73. The maximum absolute atomic E-state index is 13.1. The molecule has 5 nitrogen and oxygen atoms in total. The van der Waals surface area contributed by atoms with Gasteiger partial charge in [0.25, 0.3) is 5.91 Å². The lowest BCUT2D eigenvalue weighted by atomic mass is 9.95. The molecule has 26 heavy (non-hydrogen) atoms. The van der Waals surface area contributed by atoms with Crippen LogP contribution in [0.15, 0.2) is 54.0 Å². The number of nitrogens with zero attached hydrogens (tertiary/aromatic N) is 2. The van der Waals surface area contributed by atoms with E-state index in [0.717, 1.165) is 23.6 Å². The molecular weight excluding hydrogens is 346 g/mol. The van der Waals surface area contributed by atoms with E-state index in [1.54, 1.807) is 11.1 Å². The predicted octanol–water partition coefficient (Wildman–Crippen LogP) is 3.79. The Bertz CT molecular complexity index is 934. The lowest BCUT2D eigenvalue weighted by molar-refractivity contribution is -0.121. The van der Waals surface area contributed by atoms with Crippen LogP contribution in [0.1, 0.15) is 23.2 Å². The molecule has 1 fully saturated rings. The maximum Gasteiger partial charge on any atom is 0.254 e. The van der Waals surface area contributed by atoms with Crippen LogP contribution in [0, 0.1) is 5.92 Å². The van der Waals surface area contributed by atoms with Gasteiger partial charge in [-0.2, -0.15) is 0 Å². The van der Waals surface area contributed by atoms with Gasteiger partial charge in [0.2, 0.25) is 5.91 Å². The summed E-state index contributed by atoms with van der Waals surface area (Å²) in [6.45, 7) is 1.13. The highest BCUT2D eigenvalue weighted by Gasteiger charge is 2.29. The molecule has 4 rings (SSSR count). The van der Waals surface area contributed by atoms with E-state index in [9.17, 15) is 9.59 Å². The summed E-state index contributed by atoms with van der Waals surface area (Å²) in [5.41, 5.74) is 0.698. The summed E-state index contributed by atoms with van der Waals surface area (Å²) in [6, 6.07) is 13.7. The van der Waals surface area contributed by atoms with Crippen LogP contribution in [0.25, 0.3) is 10.8 Å². The highest BCUT2D eigenvalue weighted by atomic mass is 32.1. The Kier molecular flexibility index (Phi) is 4.67. The largest absolute Gasteiger partial charge is 0.338 e. The van der Waals surface area contributed by atoms with Crippen molar-refractivity contribution in [3.8, 4) is 0 Å². The van der Waals surface area contributed by atoms with Crippen LogP contribution in [0.5, 0.6) is 0 Å². The molecule has 2 heterocycles. The van der Waals surface area contributed by atoms with Crippen molar-refractivity contribution in [2.24, 2.45) is 5.92 Å². The van der Waals surface area contributed by atoms with Crippen molar-refractivity contribution in [2.45, 2.75) is 12.8 Å². The normalized spacial score (nSPS) is 17.2. The molecule has 1 aromatic heterocycles. The molecule has 0 spiro atoms. The maximum atomic E-state index is 13.1. The summed E-state index contributed by atoms with van der Waals surface area (Å²) in [5.74, 6) is -0.268. The average molecular weight is 365 g/mol. The summed E-state index contributed by atoms with van der Waals surface area (Å²) >= 11 is 1.40. The first-order chi connectivity index (χ1) is 12.7. The van der Waals surface area contributed by atoms with Crippen molar-refractivity contribution in [3.05, 3.63) is 59.6 Å². The van der Waals surface area contributed by atoms with Gasteiger partial charge in [0, 0.05) is 30.2 Å². The van der Waals surface area contributed by atoms with E-state index in [0.29, 0.717) is 23.8 Å². The fourth-order valence-corrected chi connectivity index (χ4v) is 3.98. The van der Waals surface area contributed by atoms with Gasteiger partial charge in [-0.1, -0.05) is 36.4 Å². The second-order valence-corrected chi connectivity index (χ2v) is 7.34. The van der Waals surface area contributed by atoms with Crippen LogP contribution in [0.3, 0.4) is 0 Å². The third kappa shape index (κ3) is 3.32. The number of amides is 2. The molecule has 0 bridgehead atoms. The molecule has 1 saturated heterocycles. The number of carbonyl (C=O) groups is 2. The van der Waals surface area contributed by atoms with E-state index in [4.69, 9.17) is 0 Å². The third-order valence-corrected chi connectivity index (χ3v) is 5.45. The smallest absolute Gasteiger partial charge is 0.254 e. The predicted molar refractivity (Wildman–Crippen MR) is 103 cm³/mol. The quantitative estimate of drug-likeness (QED) is 0.768. The van der Waals surface area contributed by atoms with Crippen molar-refractivity contribution in [1.82, 2.24) is 9.88 Å². The Morgan fingerprint density at radius 3 is 2.85 bits per heavy atom. The van der Waals surface area contributed by atoms with E-state index in [1.165, 1.54) is 11.3 Å². The fraction of sp³-hybridized carbons (Fsp3) is 0.250. The summed E-state index contributed by atoms with van der Waals surface area (Å²) < 4.78 is 0. The van der Waals surface area contributed by atoms with Crippen molar-refractivity contribution < 1.29 is 9.59 Å². The number of hydrogen-bond acceptors (Lipinski definition) is 4. The molecule has 2 amide bonds. The summed E-state index contributed by atoms with van der Waals surface area (Å²) in [4.78, 5) is 31.5. The summed E-state index contributed by atoms with van der Waals surface area (Å²) in [5, 5.41) is 7.28. The number of piperidine rings is 1. The number of likely N-dealkylation sites (tertiary alicyclic amines) is 1. The van der Waals surface area contributed by atoms with E-state index >= 15 is 0 Å². The van der Waals surface area contributed by atoms with Crippen LogP contribution in [0.4, 0.5) is 5.13 Å². The molecule has 132 valence electrons. The van der Waals surface area contributed by atoms with Crippen molar-refractivity contribution in [3.63, 3.8) is 0 Å². The average Bonchev–Trinajstić information content (AvgIpc) is 3.20. The van der Waals surface area contributed by atoms with Gasteiger partial charge >= 0.3 is 0 Å². The minimum atomic E-state index is -0.202. The number of aromatic nitrogens is 1. The topological polar surface area (TPSA) is 62.3 Å². The van der Waals surface area contributed by atoms with Gasteiger partial charge in [0.1, 0.15) is 0 Å². The van der Waals surface area contributed by atoms with Crippen LogP contribution in [0.2, 0.25) is 0 Å². The zero-order valence-corrected chi connectivity index (χ0v) is 15.0. The van der Waals surface area contributed by atoms with Crippen LogP contribution < -0.4 is 5.32 Å². The van der Waals surface area contributed by atoms with E-state index in [2.05, 4.69) is 10.3 Å². The minimum absolute atomic E-state index is 0.00597. The van der Waals surface area contributed by atoms with E-state index in [-0.39, 0.29) is 17.7 Å². The second-order valence-electron chi connectivity index (χ2n) is 6.44. The number of fused-ring (bicyclic) bond motifs is 1. The zero-order valence-electron chi connectivity index (χ0n) is 14.2. The lowest BCUT2D eigenvalue weighted by Crippen LogP contribution is -2.43. The number of carbonyl (C=O) groups excluding carboxylic acids is 2. The van der Waals surface area contributed by atoms with Crippen molar-refractivity contribution in [1.29, 1.82) is 0 Å². The molecule has 2 aromatic carbocycles. The molecule has 1 atom stereocenters. The molecule has 1 aliphatic heterocycles. The molecule has 1 unspecified atom stereocenters. The Balaban J connectivity index is 1.52. The monoisotopic (exact) mass is 365 g/mol. The van der Waals surface area contributed by atoms with Crippen molar-refractivity contribution >= 4 is 39.1 Å². The Morgan fingerprint density at radius 1 is 1.15 bits per heavy atom. The first-order valence-electron chi connectivity index (χ1n) is 8.70. The Labute approximate surface area is 155 Å². The van der Waals surface area contributed by atoms with Gasteiger partial charge in [0.05, 0.1) is 5.92 Å². The standard InChI is InChI=1S/C20H19N3O2S/c24-18(22-20-21-10-12-26-20)15-7-4-11-23(13-15)19(25)17-9-3-6-14-5-1-2-8-16(14)17/h1-3,5-6,8-10,12,15H,4,7,11,13H2,(H,21,22,24). The highest BCUT2D eigenvalue weighted by molar-refractivity contribution is 7.13. The van der Waals surface area contributed by atoms with Gasteiger partial charge in [-0.05, 0) is 29.7 Å². The van der Waals surface area contributed by atoms with Gasteiger partial charge in [0.15, 0.2) is 5.13 Å². The first kappa shape index (κ1) is 16.7. The molecule has 3 aromatic rings. The lowest BCUT2D eigenvalue weighted by Gasteiger charge is -2.32. The number of thiazole rings is 1. The third-order valence-electron chi connectivity index (χ3n) is 4.76. The van der Waals surface area contributed by atoms with Crippen LogP contribution >= 0.6 is 11.3 Å². The SMILES string of the molecule is O=C(Nc1nccs1)C1CCCN(C(=O)c2cccc3ccccc23)C1. The number of anilines is 1. The molecule has 0 radical (unpaired) electrons. The summed E-state index contributed by atoms with van der Waals surface area (Å²) in [7, 11) is 0. The van der Waals surface area contributed by atoms with E-state index < -0.39 is 0 Å². The van der Waals surface area contributed by atoms with Crippen LogP contribution in [-0.2, 0) is 4.79 Å². The summed E-state index contributed by atoms with van der Waals surface area (Å²) in [6.07, 6.45) is 3.28. The molecule has 0 saturated carbocycles. The molecule has 0 aliphatic carbocycles. The molecule has 1 N–H and O–H groups in total. The Morgan fingerprint density at radius 2 is 2.00 bits per heavy atom. The van der Waals surface area contributed by atoms with Crippen LogP contribution in [-0.4, -0.2) is 34.8 Å². The number of nitrogens with one attached hydrogen (secondary N) is 1.